The molecule has 0 bridgehead atoms. The third-order valence-corrected chi connectivity index (χ3v) is 5.57. The smallest absolute Gasteiger partial charge is 0.351 e. The fourth-order valence-corrected chi connectivity index (χ4v) is 3.69. The van der Waals surface area contributed by atoms with Crippen molar-refractivity contribution in [1.29, 1.82) is 0 Å². The van der Waals surface area contributed by atoms with Gasteiger partial charge in [0, 0.05) is 31.7 Å². The first-order valence-corrected chi connectivity index (χ1v) is 10.1. The van der Waals surface area contributed by atoms with Gasteiger partial charge in [0.05, 0.1) is 11.1 Å². The first-order valence-electron chi connectivity index (χ1n) is 10.1. The predicted octanol–water partition coefficient (Wildman–Crippen LogP) is 3.83. The molecular weight excluding hydrogens is 395 g/mol. The summed E-state index contributed by atoms with van der Waals surface area (Å²) in [4.78, 5) is 30.9. The molecule has 0 unspecified atom stereocenters. The van der Waals surface area contributed by atoms with E-state index in [-0.39, 0.29) is 24.6 Å². The highest BCUT2D eigenvalue weighted by Gasteiger charge is 2.36. The van der Waals surface area contributed by atoms with Crippen LogP contribution in [0.4, 0.5) is 13.2 Å². The van der Waals surface area contributed by atoms with Crippen LogP contribution in [0.1, 0.15) is 56.9 Å². The van der Waals surface area contributed by atoms with Crippen molar-refractivity contribution in [1.82, 2.24) is 15.2 Å². The highest BCUT2D eigenvalue weighted by molar-refractivity contribution is 5.96. The van der Waals surface area contributed by atoms with Crippen LogP contribution in [-0.2, 0) is 19.1 Å². The molecule has 1 saturated carbocycles. The highest BCUT2D eigenvalue weighted by atomic mass is 19.4. The number of rotatable bonds is 5. The van der Waals surface area contributed by atoms with Gasteiger partial charge in [-0.3, -0.25) is 9.59 Å². The van der Waals surface area contributed by atoms with Gasteiger partial charge in [0.2, 0.25) is 0 Å². The number of nitrogens with one attached hydrogen (secondary N) is 1. The predicted molar refractivity (Wildman–Crippen MR) is 104 cm³/mol. The molecule has 5 nitrogen and oxygen atoms in total. The second-order valence-corrected chi connectivity index (χ2v) is 7.81. The van der Waals surface area contributed by atoms with E-state index < -0.39 is 17.6 Å². The van der Waals surface area contributed by atoms with E-state index in [9.17, 15) is 22.8 Å². The lowest BCUT2D eigenvalue weighted by atomic mass is 10.0. The molecule has 0 atom stereocenters. The molecule has 2 amide bonds. The second kappa shape index (κ2) is 8.08. The van der Waals surface area contributed by atoms with Crippen molar-refractivity contribution in [3.63, 3.8) is 0 Å². The molecule has 30 heavy (non-hydrogen) atoms. The Hall–Kier alpha value is -2.90. The van der Waals surface area contributed by atoms with Crippen LogP contribution in [0, 0.1) is 5.92 Å². The molecule has 0 radical (unpaired) electrons. The Kier molecular flexibility index (Phi) is 5.49. The van der Waals surface area contributed by atoms with Crippen LogP contribution in [0.15, 0.2) is 36.4 Å². The molecular formula is C22H22F3N3O2. The van der Waals surface area contributed by atoms with Crippen LogP contribution in [-0.4, -0.2) is 34.8 Å². The van der Waals surface area contributed by atoms with Crippen molar-refractivity contribution in [3.05, 3.63) is 64.5 Å². The minimum absolute atomic E-state index is 0.164. The Morgan fingerprint density at radius 3 is 2.63 bits per heavy atom. The standard InChI is InChI=1S/C22H22F3N3O2/c23-22(24,25)17-4-2-1-3-16(17)21(30)28-12-10-18-15(13-28)7-8-19(27-18)20(29)26-11-9-14-5-6-14/h1-4,7-8,14H,5-6,9-13H2,(H,26,29). The summed E-state index contributed by atoms with van der Waals surface area (Å²) in [6.07, 6.45) is -0.764. The Bertz CT molecular complexity index is 970. The zero-order valence-electron chi connectivity index (χ0n) is 16.3. The molecule has 1 aliphatic heterocycles. The van der Waals surface area contributed by atoms with Gasteiger partial charge in [-0.15, -0.1) is 0 Å². The van der Waals surface area contributed by atoms with Gasteiger partial charge in [-0.25, -0.2) is 4.98 Å². The maximum atomic E-state index is 13.3. The molecule has 1 aromatic heterocycles. The highest BCUT2D eigenvalue weighted by Crippen LogP contribution is 2.33. The lowest BCUT2D eigenvalue weighted by molar-refractivity contribution is -0.138. The third-order valence-electron chi connectivity index (χ3n) is 5.57. The number of halogens is 3. The van der Waals surface area contributed by atoms with E-state index >= 15 is 0 Å². The monoisotopic (exact) mass is 417 g/mol. The number of nitrogens with zero attached hydrogens (tertiary/aromatic N) is 2. The quantitative estimate of drug-likeness (QED) is 0.804. The molecule has 1 N–H and O–H groups in total. The van der Waals surface area contributed by atoms with E-state index in [4.69, 9.17) is 0 Å². The van der Waals surface area contributed by atoms with E-state index in [1.807, 2.05) is 0 Å². The molecule has 2 aromatic rings. The SMILES string of the molecule is O=C(NCCC1CC1)c1ccc2c(n1)CCN(C(=O)c1ccccc1C(F)(F)F)C2. The summed E-state index contributed by atoms with van der Waals surface area (Å²) in [6.45, 7) is 1.04. The first kappa shape index (κ1) is 20.4. The van der Waals surface area contributed by atoms with Crippen molar-refractivity contribution < 1.29 is 22.8 Å². The molecule has 4 rings (SSSR count). The summed E-state index contributed by atoms with van der Waals surface area (Å²) in [5, 5.41) is 2.87. The lowest BCUT2D eigenvalue weighted by Gasteiger charge is -2.29. The van der Waals surface area contributed by atoms with Gasteiger partial charge in [0.1, 0.15) is 5.69 Å². The second-order valence-electron chi connectivity index (χ2n) is 7.81. The molecule has 1 aliphatic carbocycles. The largest absolute Gasteiger partial charge is 0.417 e. The van der Waals surface area contributed by atoms with E-state index in [2.05, 4.69) is 10.3 Å². The fourth-order valence-electron chi connectivity index (χ4n) is 3.69. The number of alkyl halides is 3. The number of benzene rings is 1. The summed E-state index contributed by atoms with van der Waals surface area (Å²) < 4.78 is 39.8. The van der Waals surface area contributed by atoms with E-state index in [0.29, 0.717) is 24.4 Å². The third kappa shape index (κ3) is 4.47. The van der Waals surface area contributed by atoms with E-state index in [1.165, 1.54) is 35.9 Å². The maximum absolute atomic E-state index is 13.3. The molecule has 2 aliphatic rings. The van der Waals surface area contributed by atoms with Crippen molar-refractivity contribution in [2.75, 3.05) is 13.1 Å². The van der Waals surface area contributed by atoms with Gasteiger partial charge in [0.15, 0.2) is 0 Å². The van der Waals surface area contributed by atoms with E-state index in [0.717, 1.165) is 24.0 Å². The number of hydrogen-bond donors (Lipinski definition) is 1. The maximum Gasteiger partial charge on any atom is 0.417 e. The van der Waals surface area contributed by atoms with Crippen molar-refractivity contribution in [2.24, 2.45) is 5.92 Å². The van der Waals surface area contributed by atoms with E-state index in [1.54, 1.807) is 12.1 Å². The number of amides is 2. The summed E-state index contributed by atoms with van der Waals surface area (Å²) in [5.41, 5.74) is 0.489. The normalized spacial score (nSPS) is 16.2. The van der Waals surface area contributed by atoms with Crippen molar-refractivity contribution in [2.45, 2.75) is 38.4 Å². The first-order chi connectivity index (χ1) is 14.3. The topological polar surface area (TPSA) is 62.3 Å². The minimum Gasteiger partial charge on any atom is -0.351 e. The van der Waals surface area contributed by atoms with Gasteiger partial charge in [-0.2, -0.15) is 13.2 Å². The Morgan fingerprint density at radius 2 is 1.90 bits per heavy atom. The molecule has 1 fully saturated rings. The number of carbonyl (C=O) groups is 2. The summed E-state index contributed by atoms with van der Waals surface area (Å²) in [6, 6.07) is 8.15. The van der Waals surface area contributed by atoms with Crippen LogP contribution < -0.4 is 5.32 Å². The van der Waals surface area contributed by atoms with Crippen molar-refractivity contribution in [3.8, 4) is 0 Å². The average Bonchev–Trinajstić information content (AvgIpc) is 3.56. The molecule has 158 valence electrons. The van der Waals surface area contributed by atoms with Gasteiger partial charge >= 0.3 is 6.18 Å². The minimum atomic E-state index is -4.59. The molecule has 2 heterocycles. The Labute approximate surface area is 172 Å². The summed E-state index contributed by atoms with van der Waals surface area (Å²) >= 11 is 0. The zero-order valence-corrected chi connectivity index (χ0v) is 16.3. The molecule has 8 heteroatoms. The number of hydrogen-bond acceptors (Lipinski definition) is 3. The fraction of sp³-hybridized carbons (Fsp3) is 0.409. The average molecular weight is 417 g/mol. The van der Waals surface area contributed by atoms with Crippen LogP contribution in [0.2, 0.25) is 0 Å². The van der Waals surface area contributed by atoms with Crippen LogP contribution >= 0.6 is 0 Å². The Morgan fingerprint density at radius 1 is 1.13 bits per heavy atom. The van der Waals surface area contributed by atoms with Crippen LogP contribution in [0.3, 0.4) is 0 Å². The number of pyridine rings is 1. The number of fused-ring (bicyclic) bond motifs is 1. The van der Waals surface area contributed by atoms with Crippen molar-refractivity contribution >= 4 is 11.8 Å². The Balaban J connectivity index is 1.45. The molecule has 0 spiro atoms. The van der Waals surface area contributed by atoms with Gasteiger partial charge in [-0.05, 0) is 36.1 Å². The van der Waals surface area contributed by atoms with Crippen LogP contribution in [0.25, 0.3) is 0 Å². The van der Waals surface area contributed by atoms with Crippen LogP contribution in [0.5, 0.6) is 0 Å². The lowest BCUT2D eigenvalue weighted by Crippen LogP contribution is -2.37. The zero-order chi connectivity index (χ0) is 21.3. The number of carbonyl (C=O) groups excluding carboxylic acids is 2. The van der Waals surface area contributed by atoms with Gasteiger partial charge in [0.25, 0.3) is 11.8 Å². The summed E-state index contributed by atoms with van der Waals surface area (Å²) in [7, 11) is 0. The summed E-state index contributed by atoms with van der Waals surface area (Å²) in [5.74, 6) is -0.153. The van der Waals surface area contributed by atoms with Gasteiger partial charge < -0.3 is 10.2 Å². The van der Waals surface area contributed by atoms with Gasteiger partial charge in [-0.1, -0.05) is 31.0 Å². The number of aromatic nitrogens is 1. The molecule has 1 aromatic carbocycles. The molecule has 0 saturated heterocycles.